The molecule has 0 saturated heterocycles. The lowest BCUT2D eigenvalue weighted by Crippen LogP contribution is -2.42. The van der Waals surface area contributed by atoms with E-state index in [0.717, 1.165) is 18.4 Å². The molecule has 0 aliphatic rings. The summed E-state index contributed by atoms with van der Waals surface area (Å²) >= 11 is 0. The van der Waals surface area contributed by atoms with Gasteiger partial charge in [0.15, 0.2) is 5.78 Å². The fourth-order valence-electron chi connectivity index (χ4n) is 3.55. The van der Waals surface area contributed by atoms with Gasteiger partial charge >= 0.3 is 0 Å². The van der Waals surface area contributed by atoms with Crippen molar-refractivity contribution in [3.8, 4) is 5.75 Å². The van der Waals surface area contributed by atoms with Gasteiger partial charge in [0.2, 0.25) is 12.3 Å². The number of rotatable bonds is 15. The van der Waals surface area contributed by atoms with Gasteiger partial charge in [-0.25, -0.2) is 5.06 Å². The molecule has 0 aromatic heterocycles. The van der Waals surface area contributed by atoms with Crippen molar-refractivity contribution in [2.45, 2.75) is 53.1 Å². The Labute approximate surface area is 202 Å². The molecule has 2 aromatic carbocycles. The molecule has 0 aliphatic carbocycles. The number of hydroxylamine groups is 2. The van der Waals surface area contributed by atoms with Crippen LogP contribution in [0.4, 0.5) is 0 Å². The lowest BCUT2D eigenvalue weighted by Gasteiger charge is -2.27. The molecule has 0 aliphatic heterocycles. The highest BCUT2D eigenvalue weighted by Gasteiger charge is 2.27. The number of hydrogen-bond donors (Lipinski definition) is 2. The second-order valence-corrected chi connectivity index (χ2v) is 9.33. The van der Waals surface area contributed by atoms with Crippen molar-refractivity contribution >= 4 is 18.1 Å². The van der Waals surface area contributed by atoms with Crippen LogP contribution in [0.3, 0.4) is 0 Å². The Bertz CT molecular complexity index is 912. The summed E-state index contributed by atoms with van der Waals surface area (Å²) in [6.07, 6.45) is 3.27. The largest absolute Gasteiger partial charge is 0.508 e. The van der Waals surface area contributed by atoms with Crippen LogP contribution in [-0.2, 0) is 21.0 Å². The summed E-state index contributed by atoms with van der Waals surface area (Å²) in [5.74, 6) is -0.514. The van der Waals surface area contributed by atoms with Gasteiger partial charge in [-0.2, -0.15) is 0 Å². The third-order valence-corrected chi connectivity index (χ3v) is 5.60. The minimum absolute atomic E-state index is 0.0526. The molecule has 0 unspecified atom stereocenters. The Morgan fingerprint density at radius 1 is 1.12 bits per heavy atom. The molecule has 0 saturated carbocycles. The molecular weight excluding hydrogens is 432 g/mol. The molecule has 7 nitrogen and oxygen atoms in total. The number of phenols is 1. The van der Waals surface area contributed by atoms with E-state index in [1.54, 1.807) is 12.1 Å². The Kier molecular flexibility index (Phi) is 10.7. The maximum Gasteiger partial charge on any atom is 0.233 e. The number of Topliss-reactive ketones (excluding diaryl/α,β-unsaturated/α-hetero) is 1. The van der Waals surface area contributed by atoms with Gasteiger partial charge in [0, 0.05) is 18.5 Å². The number of carbonyl (C=O) groups is 3. The van der Waals surface area contributed by atoms with Crippen LogP contribution in [0.1, 0.15) is 62.4 Å². The molecule has 0 heterocycles. The van der Waals surface area contributed by atoms with Gasteiger partial charge in [0.05, 0.1) is 12.5 Å². The van der Waals surface area contributed by atoms with Crippen LogP contribution in [0.25, 0.3) is 0 Å². The minimum atomic E-state index is -0.464. The zero-order valence-electron chi connectivity index (χ0n) is 20.3. The molecule has 184 valence electrons. The predicted molar refractivity (Wildman–Crippen MR) is 131 cm³/mol. The number of nitrogens with one attached hydrogen (secondary N) is 1. The van der Waals surface area contributed by atoms with Crippen molar-refractivity contribution in [1.29, 1.82) is 0 Å². The molecule has 0 radical (unpaired) electrons. The van der Waals surface area contributed by atoms with E-state index in [1.807, 2.05) is 44.2 Å². The van der Waals surface area contributed by atoms with Crippen molar-refractivity contribution in [1.82, 2.24) is 10.4 Å². The molecule has 7 heteroatoms. The topological polar surface area (TPSA) is 95.9 Å². The van der Waals surface area contributed by atoms with Gasteiger partial charge in [0.25, 0.3) is 0 Å². The van der Waals surface area contributed by atoms with E-state index >= 15 is 0 Å². The second kappa shape index (κ2) is 13.5. The van der Waals surface area contributed by atoms with Crippen LogP contribution in [-0.4, -0.2) is 41.4 Å². The number of benzene rings is 2. The third kappa shape index (κ3) is 9.35. The summed E-state index contributed by atoms with van der Waals surface area (Å²) < 4.78 is 0. The van der Waals surface area contributed by atoms with Crippen molar-refractivity contribution in [3.63, 3.8) is 0 Å². The predicted octanol–water partition coefficient (Wildman–Crippen LogP) is 4.50. The summed E-state index contributed by atoms with van der Waals surface area (Å²) in [7, 11) is 0. The highest BCUT2D eigenvalue weighted by molar-refractivity contribution is 5.96. The number of carbonyl (C=O) groups excluding carboxylic acids is 3. The monoisotopic (exact) mass is 468 g/mol. The number of aromatic hydroxyl groups is 1. The molecule has 0 bridgehead atoms. The number of phenolic OH excluding ortho intramolecular Hbond substituents is 1. The normalized spacial score (nSPS) is 12.1. The standard InChI is InChI=1S/C27H36N2O5/c1-4-5-11-23(17-29(20-30)34-18-21-9-7-6-8-10-21)26(33)28-19-27(2,3)16-25(32)22-12-14-24(31)15-13-22/h6-10,12-15,20,23,31H,4-5,11,16-19H2,1-3H3,(H,28,33)/t23-/m1/s1. The SMILES string of the molecule is CCCC[C@H](CN(C=O)OCc1ccccc1)C(=O)NCC(C)(C)CC(=O)c1ccc(O)cc1. The summed E-state index contributed by atoms with van der Waals surface area (Å²) in [5, 5.41) is 13.6. The van der Waals surface area contributed by atoms with Gasteiger partial charge in [-0.15, -0.1) is 0 Å². The molecule has 2 rings (SSSR count). The lowest BCUT2D eigenvalue weighted by molar-refractivity contribution is -0.182. The number of ketones is 1. The van der Waals surface area contributed by atoms with E-state index in [2.05, 4.69) is 12.2 Å². The van der Waals surface area contributed by atoms with Gasteiger partial charge in [-0.05, 0) is 41.7 Å². The van der Waals surface area contributed by atoms with Crippen LogP contribution < -0.4 is 5.32 Å². The number of amides is 2. The fraction of sp³-hybridized carbons (Fsp3) is 0.444. The van der Waals surface area contributed by atoms with Crippen LogP contribution in [0.5, 0.6) is 5.75 Å². The molecule has 0 fully saturated rings. The van der Waals surface area contributed by atoms with Gasteiger partial charge < -0.3 is 10.4 Å². The molecular formula is C27H36N2O5. The Hall–Kier alpha value is -3.19. The van der Waals surface area contributed by atoms with Crippen molar-refractivity contribution < 1.29 is 24.3 Å². The lowest BCUT2D eigenvalue weighted by atomic mass is 9.85. The van der Waals surface area contributed by atoms with E-state index in [9.17, 15) is 19.5 Å². The zero-order chi connectivity index (χ0) is 25.0. The quantitative estimate of drug-likeness (QED) is 0.228. The minimum Gasteiger partial charge on any atom is -0.508 e. The summed E-state index contributed by atoms with van der Waals surface area (Å²) in [5.41, 5.74) is 0.993. The van der Waals surface area contributed by atoms with E-state index in [4.69, 9.17) is 4.84 Å². The number of unbranched alkanes of at least 4 members (excludes halogenated alkanes) is 1. The van der Waals surface area contributed by atoms with E-state index in [-0.39, 0.29) is 37.0 Å². The van der Waals surface area contributed by atoms with Gasteiger partial charge in [-0.3, -0.25) is 19.2 Å². The first-order valence-electron chi connectivity index (χ1n) is 11.7. The molecule has 34 heavy (non-hydrogen) atoms. The van der Waals surface area contributed by atoms with E-state index in [1.165, 1.54) is 17.2 Å². The first-order chi connectivity index (χ1) is 16.2. The Balaban J connectivity index is 1.92. The number of nitrogens with zero attached hydrogens (tertiary/aromatic N) is 1. The smallest absolute Gasteiger partial charge is 0.233 e. The first-order valence-corrected chi connectivity index (χ1v) is 11.7. The average molecular weight is 469 g/mol. The van der Waals surface area contributed by atoms with Crippen LogP contribution in [0.2, 0.25) is 0 Å². The highest BCUT2D eigenvalue weighted by Crippen LogP contribution is 2.23. The average Bonchev–Trinajstić information content (AvgIpc) is 2.83. The highest BCUT2D eigenvalue weighted by atomic mass is 16.7. The third-order valence-electron chi connectivity index (χ3n) is 5.60. The van der Waals surface area contributed by atoms with Crippen molar-refractivity contribution in [3.05, 3.63) is 65.7 Å². The van der Waals surface area contributed by atoms with Crippen molar-refractivity contribution in [2.24, 2.45) is 11.3 Å². The first kappa shape index (κ1) is 27.1. The van der Waals surface area contributed by atoms with Crippen LogP contribution >= 0.6 is 0 Å². The maximum atomic E-state index is 13.0. The Morgan fingerprint density at radius 2 is 1.79 bits per heavy atom. The second-order valence-electron chi connectivity index (χ2n) is 9.33. The maximum absolute atomic E-state index is 13.0. The summed E-state index contributed by atoms with van der Waals surface area (Å²) in [6, 6.07) is 15.7. The van der Waals surface area contributed by atoms with Gasteiger partial charge in [-0.1, -0.05) is 63.9 Å². The van der Waals surface area contributed by atoms with E-state index in [0.29, 0.717) is 24.9 Å². The molecule has 2 N–H and O–H groups in total. The molecule has 2 aromatic rings. The fourth-order valence-corrected chi connectivity index (χ4v) is 3.55. The van der Waals surface area contributed by atoms with Crippen LogP contribution in [0.15, 0.2) is 54.6 Å². The summed E-state index contributed by atoms with van der Waals surface area (Å²) in [4.78, 5) is 42.8. The summed E-state index contributed by atoms with van der Waals surface area (Å²) in [6.45, 7) is 6.63. The van der Waals surface area contributed by atoms with Crippen molar-refractivity contribution in [2.75, 3.05) is 13.1 Å². The zero-order valence-corrected chi connectivity index (χ0v) is 20.3. The Morgan fingerprint density at radius 3 is 2.41 bits per heavy atom. The van der Waals surface area contributed by atoms with Gasteiger partial charge in [0.1, 0.15) is 12.4 Å². The van der Waals surface area contributed by atoms with Crippen LogP contribution in [0, 0.1) is 11.3 Å². The molecule has 1 atom stereocenters. The van der Waals surface area contributed by atoms with E-state index < -0.39 is 11.3 Å². The molecule has 0 spiro atoms. The molecule has 2 amide bonds. The number of hydrogen-bond acceptors (Lipinski definition) is 5.